The minimum absolute atomic E-state index is 0.364. The molecule has 0 unspecified atom stereocenters. The predicted octanol–water partition coefficient (Wildman–Crippen LogP) is 3.82. The third-order valence-electron chi connectivity index (χ3n) is 4.16. The van der Waals surface area contributed by atoms with Crippen molar-refractivity contribution in [1.82, 2.24) is 15.1 Å². The molecule has 0 atom stereocenters. The van der Waals surface area contributed by atoms with E-state index in [9.17, 15) is 4.79 Å². The average Bonchev–Trinajstić information content (AvgIpc) is 3.29. The van der Waals surface area contributed by atoms with Crippen molar-refractivity contribution >= 4 is 39.6 Å². The maximum atomic E-state index is 12.0. The number of aryl methyl sites for hydroxylation is 1. The van der Waals surface area contributed by atoms with Crippen LogP contribution in [0.3, 0.4) is 0 Å². The van der Waals surface area contributed by atoms with Crippen molar-refractivity contribution in [3.05, 3.63) is 64.3 Å². The lowest BCUT2D eigenvalue weighted by Crippen LogP contribution is -2.28. The highest BCUT2D eigenvalue weighted by molar-refractivity contribution is 7.80. The second kappa shape index (κ2) is 8.32. The lowest BCUT2D eigenvalue weighted by atomic mass is 10.1. The van der Waals surface area contributed by atoms with Crippen molar-refractivity contribution in [2.75, 3.05) is 12.4 Å². The number of methoxy groups -OCH3 is 1. The quantitative estimate of drug-likeness (QED) is 0.501. The van der Waals surface area contributed by atoms with Gasteiger partial charge in [0.2, 0.25) is 0 Å². The average molecular weight is 401 g/mol. The molecule has 2 heterocycles. The number of rotatable bonds is 5. The monoisotopic (exact) mass is 400 g/mol. The van der Waals surface area contributed by atoms with Gasteiger partial charge in [0.25, 0.3) is 0 Å². The number of thiocarbonyl (C=S) groups is 1. The van der Waals surface area contributed by atoms with Gasteiger partial charge in [-0.15, -0.1) is 11.3 Å². The second-order valence-corrected chi connectivity index (χ2v) is 7.54. The normalized spacial score (nSPS) is 10.5. The highest BCUT2D eigenvalue weighted by Gasteiger charge is 2.20. The molecule has 0 radical (unpaired) electrons. The maximum Gasteiger partial charge on any atom is 0.341 e. The van der Waals surface area contributed by atoms with E-state index in [1.54, 1.807) is 10.9 Å². The molecule has 0 spiro atoms. The minimum Gasteiger partial charge on any atom is -0.465 e. The number of anilines is 1. The van der Waals surface area contributed by atoms with E-state index in [1.165, 1.54) is 18.4 Å². The summed E-state index contributed by atoms with van der Waals surface area (Å²) in [6.07, 6.45) is 3.65. The van der Waals surface area contributed by atoms with Gasteiger partial charge in [0.1, 0.15) is 5.00 Å². The topological polar surface area (TPSA) is 68.2 Å². The van der Waals surface area contributed by atoms with Crippen molar-refractivity contribution in [1.29, 1.82) is 0 Å². The molecular formula is C19H20N4O2S2. The highest BCUT2D eigenvalue weighted by Crippen LogP contribution is 2.32. The van der Waals surface area contributed by atoms with Crippen LogP contribution in [0.1, 0.15) is 26.4 Å². The summed E-state index contributed by atoms with van der Waals surface area (Å²) in [5.74, 6) is -0.364. The van der Waals surface area contributed by atoms with Gasteiger partial charge >= 0.3 is 5.97 Å². The molecule has 0 aliphatic heterocycles. The van der Waals surface area contributed by atoms with Crippen molar-refractivity contribution in [2.24, 2.45) is 0 Å². The maximum absolute atomic E-state index is 12.0. The molecule has 0 saturated heterocycles. The summed E-state index contributed by atoms with van der Waals surface area (Å²) in [5.41, 5.74) is 3.53. The Labute approximate surface area is 167 Å². The molecule has 6 nitrogen and oxygen atoms in total. The fourth-order valence-electron chi connectivity index (χ4n) is 2.58. The lowest BCUT2D eigenvalue weighted by Gasteiger charge is -2.11. The Kier molecular flexibility index (Phi) is 5.88. The summed E-state index contributed by atoms with van der Waals surface area (Å²) >= 11 is 6.87. The summed E-state index contributed by atoms with van der Waals surface area (Å²) in [5, 5.41) is 11.6. The number of nitrogens with one attached hydrogen (secondary N) is 2. The number of aromatic nitrogens is 2. The summed E-state index contributed by atoms with van der Waals surface area (Å²) in [6.45, 7) is 4.44. The molecule has 27 heavy (non-hydrogen) atoms. The van der Waals surface area contributed by atoms with Crippen LogP contribution in [-0.4, -0.2) is 28.0 Å². The molecule has 0 saturated carbocycles. The summed E-state index contributed by atoms with van der Waals surface area (Å²) < 4.78 is 6.69. The first-order chi connectivity index (χ1) is 13.0. The van der Waals surface area contributed by atoms with Crippen LogP contribution in [0.5, 0.6) is 0 Å². The minimum atomic E-state index is -0.364. The van der Waals surface area contributed by atoms with E-state index in [0.29, 0.717) is 22.2 Å². The second-order valence-electron chi connectivity index (χ2n) is 5.90. The zero-order valence-electron chi connectivity index (χ0n) is 15.3. The van der Waals surface area contributed by atoms with Crippen LogP contribution in [0.4, 0.5) is 5.00 Å². The molecule has 3 aromatic rings. The van der Waals surface area contributed by atoms with Gasteiger partial charge in [0.15, 0.2) is 5.11 Å². The number of esters is 1. The Morgan fingerprint density at radius 1 is 1.30 bits per heavy atom. The number of thiophene rings is 1. The van der Waals surface area contributed by atoms with Crippen LogP contribution < -0.4 is 10.6 Å². The third kappa shape index (κ3) is 4.35. The van der Waals surface area contributed by atoms with Gasteiger partial charge in [-0.05, 0) is 55.4 Å². The molecule has 8 heteroatoms. The fourth-order valence-corrected chi connectivity index (χ4v) is 3.87. The molecule has 0 bridgehead atoms. The predicted molar refractivity (Wildman–Crippen MR) is 112 cm³/mol. The fraction of sp³-hybridized carbons (Fsp3) is 0.211. The molecule has 0 amide bonds. The van der Waals surface area contributed by atoms with Crippen molar-refractivity contribution < 1.29 is 9.53 Å². The summed E-state index contributed by atoms with van der Waals surface area (Å²) in [7, 11) is 1.38. The van der Waals surface area contributed by atoms with Gasteiger partial charge in [0, 0.05) is 23.8 Å². The first-order valence-corrected chi connectivity index (χ1v) is 9.54. The summed E-state index contributed by atoms with van der Waals surface area (Å²) in [6, 6.07) is 9.93. The Morgan fingerprint density at radius 3 is 2.67 bits per heavy atom. The molecule has 140 valence electrons. The molecule has 3 rings (SSSR count). The van der Waals surface area contributed by atoms with Crippen LogP contribution >= 0.6 is 23.6 Å². The van der Waals surface area contributed by atoms with Crippen LogP contribution in [0.25, 0.3) is 5.69 Å². The molecule has 0 fully saturated rings. The number of hydrogen-bond donors (Lipinski definition) is 2. The standard InChI is InChI=1S/C19H20N4O2S2/c1-12-13(2)27-17(16(12)18(24)25-3)22-19(26)20-11-14-5-7-15(8-6-14)23-10-4-9-21-23/h4-10H,11H2,1-3H3,(H2,20,22,26). The zero-order valence-corrected chi connectivity index (χ0v) is 16.9. The van der Waals surface area contributed by atoms with Crippen LogP contribution in [0, 0.1) is 13.8 Å². The largest absolute Gasteiger partial charge is 0.465 e. The molecule has 0 aliphatic rings. The van der Waals surface area contributed by atoms with Crippen molar-refractivity contribution in [3.8, 4) is 5.69 Å². The van der Waals surface area contributed by atoms with E-state index in [2.05, 4.69) is 15.7 Å². The molecule has 2 N–H and O–H groups in total. The van der Waals surface area contributed by atoms with Gasteiger partial charge in [-0.25, -0.2) is 9.48 Å². The van der Waals surface area contributed by atoms with Crippen LogP contribution in [-0.2, 0) is 11.3 Å². The van der Waals surface area contributed by atoms with Gasteiger partial charge in [-0.3, -0.25) is 0 Å². The molecular weight excluding hydrogens is 380 g/mol. The van der Waals surface area contributed by atoms with E-state index in [1.807, 2.05) is 50.4 Å². The smallest absolute Gasteiger partial charge is 0.341 e. The van der Waals surface area contributed by atoms with Crippen LogP contribution in [0.15, 0.2) is 42.7 Å². The molecule has 1 aromatic carbocycles. The lowest BCUT2D eigenvalue weighted by molar-refractivity contribution is 0.0601. The van der Waals surface area contributed by atoms with Gasteiger partial charge in [0.05, 0.1) is 18.4 Å². The Balaban J connectivity index is 1.62. The van der Waals surface area contributed by atoms with Crippen molar-refractivity contribution in [3.63, 3.8) is 0 Å². The van der Waals surface area contributed by atoms with Gasteiger partial charge in [-0.1, -0.05) is 12.1 Å². The molecule has 2 aromatic heterocycles. The van der Waals surface area contributed by atoms with Crippen molar-refractivity contribution in [2.45, 2.75) is 20.4 Å². The number of nitrogens with zero attached hydrogens (tertiary/aromatic N) is 2. The van der Waals surface area contributed by atoms with E-state index < -0.39 is 0 Å². The first-order valence-electron chi connectivity index (χ1n) is 8.31. The van der Waals surface area contributed by atoms with E-state index in [-0.39, 0.29) is 5.97 Å². The Morgan fingerprint density at radius 2 is 2.04 bits per heavy atom. The Hall–Kier alpha value is -2.71. The zero-order chi connectivity index (χ0) is 19.4. The Bertz CT molecular complexity index is 947. The number of hydrogen-bond acceptors (Lipinski definition) is 5. The third-order valence-corrected chi connectivity index (χ3v) is 5.53. The number of ether oxygens (including phenoxy) is 1. The number of carbonyl (C=O) groups is 1. The van der Waals surface area contributed by atoms with E-state index in [4.69, 9.17) is 17.0 Å². The molecule has 0 aliphatic carbocycles. The van der Waals surface area contributed by atoms with Crippen LogP contribution in [0.2, 0.25) is 0 Å². The number of benzene rings is 1. The highest BCUT2D eigenvalue weighted by atomic mass is 32.1. The number of carbonyl (C=O) groups excluding carboxylic acids is 1. The first kappa shape index (κ1) is 19.1. The van der Waals surface area contributed by atoms with E-state index in [0.717, 1.165) is 21.7 Å². The van der Waals surface area contributed by atoms with Gasteiger partial charge < -0.3 is 15.4 Å². The SMILES string of the molecule is COC(=O)c1c(NC(=S)NCc2ccc(-n3cccn3)cc2)sc(C)c1C. The summed E-state index contributed by atoms with van der Waals surface area (Å²) in [4.78, 5) is 13.1. The van der Waals surface area contributed by atoms with E-state index >= 15 is 0 Å². The van der Waals surface area contributed by atoms with Gasteiger partial charge in [-0.2, -0.15) is 5.10 Å².